The minimum absolute atomic E-state index is 0.0215. The highest BCUT2D eigenvalue weighted by Gasteiger charge is 2.22. The van der Waals surface area contributed by atoms with E-state index in [4.69, 9.17) is 14.3 Å². The van der Waals surface area contributed by atoms with Crippen LogP contribution in [-0.4, -0.2) is 49.0 Å². The molecule has 1 aliphatic heterocycles. The first kappa shape index (κ1) is 21.7. The van der Waals surface area contributed by atoms with Gasteiger partial charge in [0.15, 0.2) is 5.58 Å². The minimum Gasteiger partial charge on any atom is -0.493 e. The maximum Gasteiger partial charge on any atom is 0.295 e. The molecular formula is C23H27N5O4S. The molecule has 0 amide bonds. The molecule has 0 aliphatic carbocycles. The molecule has 174 valence electrons. The highest BCUT2D eigenvalue weighted by Crippen LogP contribution is 2.29. The third kappa shape index (κ3) is 4.68. The molecule has 10 heteroatoms. The molecular weight excluding hydrogens is 442 g/mol. The van der Waals surface area contributed by atoms with Crippen LogP contribution in [0.3, 0.4) is 0 Å². The molecule has 0 spiro atoms. The summed E-state index contributed by atoms with van der Waals surface area (Å²) in [6.07, 6.45) is 3.84. The second kappa shape index (κ2) is 8.69. The summed E-state index contributed by atoms with van der Waals surface area (Å²) in [5, 5.41) is 9.66. The number of rotatable bonds is 7. The molecule has 3 heterocycles. The number of likely N-dealkylation sites (tertiary alicyclic amines) is 1. The van der Waals surface area contributed by atoms with Crippen molar-refractivity contribution in [2.75, 3.05) is 25.0 Å². The third-order valence-corrected chi connectivity index (χ3v) is 6.91. The first-order valence-corrected chi connectivity index (χ1v) is 12.6. The number of sulfonamides is 1. The number of aromatic nitrogens is 2. The van der Waals surface area contributed by atoms with Gasteiger partial charge in [-0.2, -0.15) is 4.98 Å². The van der Waals surface area contributed by atoms with Gasteiger partial charge in [-0.05, 0) is 61.7 Å². The number of H-pyrrole nitrogens is 1. The molecule has 5 rings (SSSR count). The maximum absolute atomic E-state index is 11.6. The average Bonchev–Trinajstić information content (AvgIpc) is 3.40. The number of fused-ring (bicyclic) bond motifs is 2. The van der Waals surface area contributed by atoms with Gasteiger partial charge >= 0.3 is 0 Å². The number of hydrogen-bond donors (Lipinski definition) is 3. The lowest BCUT2D eigenvalue weighted by atomic mass is 10.0. The van der Waals surface area contributed by atoms with Gasteiger partial charge < -0.3 is 19.5 Å². The Bertz CT molecular complexity index is 1390. The average molecular weight is 470 g/mol. The number of nitrogens with zero attached hydrogens (tertiary/aromatic N) is 2. The summed E-state index contributed by atoms with van der Waals surface area (Å²) in [5.41, 5.74) is 3.30. The van der Waals surface area contributed by atoms with E-state index in [-0.39, 0.29) is 10.9 Å². The molecule has 9 nitrogen and oxygen atoms in total. The van der Waals surface area contributed by atoms with Crippen molar-refractivity contribution < 1.29 is 17.6 Å². The quantitative estimate of drug-likeness (QED) is 0.378. The summed E-state index contributed by atoms with van der Waals surface area (Å²) < 4.78 is 34.7. The van der Waals surface area contributed by atoms with Crippen molar-refractivity contribution in [1.29, 1.82) is 0 Å². The molecule has 0 saturated carbocycles. The van der Waals surface area contributed by atoms with Crippen LogP contribution in [0.2, 0.25) is 0 Å². The zero-order chi connectivity index (χ0) is 23.0. The molecule has 1 saturated heterocycles. The number of ether oxygens (including phenoxy) is 1. The highest BCUT2D eigenvalue weighted by atomic mass is 32.2. The molecule has 1 fully saturated rings. The van der Waals surface area contributed by atoms with E-state index in [1.165, 1.54) is 17.7 Å². The first-order chi connectivity index (χ1) is 15.9. The van der Waals surface area contributed by atoms with Crippen LogP contribution in [0, 0.1) is 0 Å². The number of primary sulfonamides is 1. The number of anilines is 1. The molecule has 33 heavy (non-hydrogen) atoms. The van der Waals surface area contributed by atoms with E-state index in [9.17, 15) is 8.42 Å². The van der Waals surface area contributed by atoms with E-state index in [2.05, 4.69) is 32.3 Å². The Balaban J connectivity index is 1.21. The van der Waals surface area contributed by atoms with E-state index >= 15 is 0 Å². The maximum atomic E-state index is 11.6. The van der Waals surface area contributed by atoms with Gasteiger partial charge in [-0.3, -0.25) is 4.90 Å². The van der Waals surface area contributed by atoms with Gasteiger partial charge in [0.1, 0.15) is 11.3 Å². The van der Waals surface area contributed by atoms with Crippen LogP contribution in [0.5, 0.6) is 5.75 Å². The lowest BCUT2D eigenvalue weighted by molar-refractivity contribution is 0.210. The summed E-state index contributed by atoms with van der Waals surface area (Å²) in [6.45, 7) is 5.39. The van der Waals surface area contributed by atoms with Crippen molar-refractivity contribution in [1.82, 2.24) is 14.9 Å². The van der Waals surface area contributed by atoms with E-state index < -0.39 is 10.0 Å². The smallest absolute Gasteiger partial charge is 0.295 e. The molecule has 0 bridgehead atoms. The summed E-state index contributed by atoms with van der Waals surface area (Å²) in [7, 11) is -3.78. The fourth-order valence-electron chi connectivity index (χ4n) is 4.37. The van der Waals surface area contributed by atoms with Gasteiger partial charge in [-0.25, -0.2) is 13.6 Å². The Hall–Kier alpha value is -3.08. The van der Waals surface area contributed by atoms with Gasteiger partial charge in [0.05, 0.1) is 11.5 Å². The van der Waals surface area contributed by atoms with Crippen molar-refractivity contribution in [2.24, 2.45) is 5.14 Å². The standard InChI is InChI=1S/C23H27N5O4S/c1-2-31-22-12-15(11-19-18(22)5-8-25-19)14-28-9-6-16(7-10-28)26-23-27-20-13-17(33(24,29)30)3-4-21(20)32-23/h3-5,8,11-13,16,25H,2,6-7,9-10,14H2,1H3,(H,26,27)(H2,24,29,30). The Morgan fingerprint density at radius 3 is 2.82 bits per heavy atom. The van der Waals surface area contributed by atoms with Gasteiger partial charge in [-0.1, -0.05) is 0 Å². The number of hydrogen-bond acceptors (Lipinski definition) is 7. The van der Waals surface area contributed by atoms with E-state index in [0.29, 0.717) is 23.7 Å². The van der Waals surface area contributed by atoms with Gasteiger partial charge in [0.25, 0.3) is 6.01 Å². The SMILES string of the molecule is CCOc1cc(CN2CCC(Nc3nc4cc(S(N)(=O)=O)ccc4o3)CC2)cc2[nH]ccc12. The Labute approximate surface area is 192 Å². The molecule has 4 N–H and O–H groups in total. The highest BCUT2D eigenvalue weighted by molar-refractivity contribution is 7.89. The third-order valence-electron chi connectivity index (χ3n) is 6.00. The fraction of sp³-hybridized carbons (Fsp3) is 0.348. The topological polar surface area (TPSA) is 126 Å². The fourth-order valence-corrected chi connectivity index (χ4v) is 4.90. The molecule has 0 radical (unpaired) electrons. The summed E-state index contributed by atoms with van der Waals surface area (Å²) in [4.78, 5) is 10.1. The van der Waals surface area contributed by atoms with Crippen LogP contribution in [0.25, 0.3) is 22.0 Å². The van der Waals surface area contributed by atoms with E-state index in [1.54, 1.807) is 6.07 Å². The molecule has 4 aromatic rings. The Morgan fingerprint density at radius 1 is 1.24 bits per heavy atom. The molecule has 0 unspecified atom stereocenters. The predicted octanol–water partition coefficient (Wildman–Crippen LogP) is 3.43. The van der Waals surface area contributed by atoms with E-state index in [0.717, 1.165) is 49.1 Å². The second-order valence-electron chi connectivity index (χ2n) is 8.35. The van der Waals surface area contributed by atoms with Crippen molar-refractivity contribution in [2.45, 2.75) is 37.2 Å². The largest absolute Gasteiger partial charge is 0.493 e. The lowest BCUT2D eigenvalue weighted by Gasteiger charge is -2.32. The van der Waals surface area contributed by atoms with Crippen molar-refractivity contribution in [3.05, 3.63) is 48.2 Å². The van der Waals surface area contributed by atoms with Crippen LogP contribution in [0.1, 0.15) is 25.3 Å². The number of aromatic amines is 1. The van der Waals surface area contributed by atoms with Crippen LogP contribution in [-0.2, 0) is 16.6 Å². The number of benzene rings is 2. The normalized spacial score (nSPS) is 15.9. The van der Waals surface area contributed by atoms with Crippen LogP contribution in [0.4, 0.5) is 6.01 Å². The predicted molar refractivity (Wildman–Crippen MR) is 127 cm³/mol. The Kier molecular flexibility index (Phi) is 5.73. The molecule has 2 aromatic heterocycles. The summed E-state index contributed by atoms with van der Waals surface area (Å²) >= 11 is 0. The van der Waals surface area contributed by atoms with Gasteiger partial charge in [-0.15, -0.1) is 0 Å². The monoisotopic (exact) mass is 469 g/mol. The second-order valence-corrected chi connectivity index (χ2v) is 9.92. The van der Waals surface area contributed by atoms with Crippen LogP contribution in [0.15, 0.2) is 51.9 Å². The number of oxazole rings is 1. The lowest BCUT2D eigenvalue weighted by Crippen LogP contribution is -2.38. The zero-order valence-corrected chi connectivity index (χ0v) is 19.2. The molecule has 2 aromatic carbocycles. The summed E-state index contributed by atoms with van der Waals surface area (Å²) in [5.74, 6) is 0.921. The Morgan fingerprint density at radius 2 is 2.06 bits per heavy atom. The van der Waals surface area contributed by atoms with Crippen LogP contribution >= 0.6 is 0 Å². The number of nitrogens with one attached hydrogen (secondary N) is 2. The molecule has 0 atom stereocenters. The first-order valence-electron chi connectivity index (χ1n) is 11.0. The number of piperidine rings is 1. The zero-order valence-electron chi connectivity index (χ0n) is 18.4. The summed E-state index contributed by atoms with van der Waals surface area (Å²) in [6, 6.07) is 11.4. The van der Waals surface area contributed by atoms with E-state index in [1.807, 2.05) is 19.2 Å². The minimum atomic E-state index is -3.78. The van der Waals surface area contributed by atoms with Gasteiger partial charge in [0.2, 0.25) is 10.0 Å². The van der Waals surface area contributed by atoms with Crippen molar-refractivity contribution in [3.63, 3.8) is 0 Å². The van der Waals surface area contributed by atoms with Crippen LogP contribution < -0.4 is 15.2 Å². The number of nitrogens with two attached hydrogens (primary N) is 1. The van der Waals surface area contributed by atoms with Crippen molar-refractivity contribution >= 4 is 38.0 Å². The van der Waals surface area contributed by atoms with Gasteiger partial charge in [0, 0.05) is 42.8 Å². The van der Waals surface area contributed by atoms with Crippen molar-refractivity contribution in [3.8, 4) is 5.75 Å². The molecule has 1 aliphatic rings.